The molecule has 0 heterocycles. The molecule has 0 aliphatic carbocycles. The van der Waals surface area contributed by atoms with E-state index in [0.717, 1.165) is 17.4 Å². The van der Waals surface area contributed by atoms with Crippen LogP contribution in [0.5, 0.6) is 5.75 Å². The van der Waals surface area contributed by atoms with Gasteiger partial charge in [-0.2, -0.15) is 0 Å². The van der Waals surface area contributed by atoms with Crippen LogP contribution in [0.2, 0.25) is 5.02 Å². The summed E-state index contributed by atoms with van der Waals surface area (Å²) in [5, 5.41) is 12.2. The van der Waals surface area contributed by atoms with Crippen molar-refractivity contribution in [3.63, 3.8) is 0 Å². The zero-order valence-corrected chi connectivity index (χ0v) is 12.7. The van der Waals surface area contributed by atoms with Crippen LogP contribution in [0.15, 0.2) is 21.8 Å². The minimum atomic E-state index is 0.553. The molecule has 0 aromatic heterocycles. The minimum absolute atomic E-state index is 0.553. The number of nitrogens with zero attached hydrogens (tertiary/aromatic N) is 2. The predicted molar refractivity (Wildman–Crippen MR) is 77.2 cm³/mol. The molecular weight excluding hydrogens is 320 g/mol. The van der Waals surface area contributed by atoms with Gasteiger partial charge in [0.15, 0.2) is 0 Å². The van der Waals surface area contributed by atoms with Crippen molar-refractivity contribution in [2.45, 2.75) is 6.42 Å². The first kappa shape index (κ1) is 15.3. The second kappa shape index (κ2) is 7.61. The molecule has 0 radical (unpaired) electrons. The first-order chi connectivity index (χ1) is 8.54. The van der Waals surface area contributed by atoms with Crippen molar-refractivity contribution in [1.29, 1.82) is 0 Å². The van der Waals surface area contributed by atoms with Gasteiger partial charge in [-0.25, -0.2) is 0 Å². The molecule has 4 nitrogen and oxygen atoms in total. The van der Waals surface area contributed by atoms with Gasteiger partial charge in [-0.1, -0.05) is 16.8 Å². The van der Waals surface area contributed by atoms with Gasteiger partial charge in [0.2, 0.25) is 0 Å². The monoisotopic (exact) mass is 334 g/mol. The maximum absolute atomic E-state index is 8.62. The normalized spacial score (nSPS) is 11.4. The van der Waals surface area contributed by atoms with Crippen molar-refractivity contribution in [3.8, 4) is 5.75 Å². The molecular formula is C12H16BrClN2O2. The van der Waals surface area contributed by atoms with E-state index in [1.54, 1.807) is 12.1 Å². The topological polar surface area (TPSA) is 45.1 Å². The molecule has 0 saturated carbocycles. The van der Waals surface area contributed by atoms with E-state index in [0.29, 0.717) is 22.9 Å². The highest BCUT2D eigenvalue weighted by Gasteiger charge is 2.09. The van der Waals surface area contributed by atoms with E-state index in [-0.39, 0.29) is 0 Å². The first-order valence-corrected chi connectivity index (χ1v) is 6.65. The molecule has 100 valence electrons. The Bertz CT molecular complexity index is 425. The molecule has 0 aliphatic heterocycles. The third-order valence-electron chi connectivity index (χ3n) is 2.23. The van der Waals surface area contributed by atoms with Crippen molar-refractivity contribution in [1.82, 2.24) is 4.90 Å². The van der Waals surface area contributed by atoms with E-state index in [4.69, 9.17) is 21.5 Å². The zero-order chi connectivity index (χ0) is 13.5. The molecule has 0 unspecified atom stereocenters. The van der Waals surface area contributed by atoms with Crippen molar-refractivity contribution in [2.24, 2.45) is 5.16 Å². The lowest BCUT2D eigenvalue weighted by molar-refractivity contribution is 0.279. The quantitative estimate of drug-likeness (QED) is 0.376. The fourth-order valence-electron chi connectivity index (χ4n) is 1.45. The van der Waals surface area contributed by atoms with Crippen LogP contribution >= 0.6 is 27.5 Å². The van der Waals surface area contributed by atoms with E-state index >= 15 is 0 Å². The lowest BCUT2D eigenvalue weighted by Crippen LogP contribution is -2.15. The summed E-state index contributed by atoms with van der Waals surface area (Å²) in [6, 6.07) is 3.44. The van der Waals surface area contributed by atoms with Crippen molar-refractivity contribution in [3.05, 3.63) is 27.2 Å². The van der Waals surface area contributed by atoms with Gasteiger partial charge in [0.1, 0.15) is 5.75 Å². The van der Waals surface area contributed by atoms with E-state index in [1.807, 2.05) is 14.1 Å². The third-order valence-corrected chi connectivity index (χ3v) is 3.04. The van der Waals surface area contributed by atoms with Gasteiger partial charge in [0.25, 0.3) is 0 Å². The molecule has 1 rings (SSSR count). The Morgan fingerprint density at radius 2 is 2.22 bits per heavy atom. The molecule has 1 aromatic rings. The van der Waals surface area contributed by atoms with Gasteiger partial charge in [-0.3, -0.25) is 0 Å². The van der Waals surface area contributed by atoms with E-state index in [1.165, 1.54) is 6.21 Å². The average molecular weight is 336 g/mol. The van der Waals surface area contributed by atoms with Gasteiger partial charge in [-0.05, 0) is 48.6 Å². The number of hydrogen-bond acceptors (Lipinski definition) is 4. The average Bonchev–Trinajstić information content (AvgIpc) is 2.26. The van der Waals surface area contributed by atoms with Crippen molar-refractivity contribution >= 4 is 33.7 Å². The molecule has 0 fully saturated rings. The largest absolute Gasteiger partial charge is 0.492 e. The molecule has 0 amide bonds. The second-order valence-corrected chi connectivity index (χ2v) is 5.35. The summed E-state index contributed by atoms with van der Waals surface area (Å²) in [6.07, 6.45) is 2.22. The first-order valence-electron chi connectivity index (χ1n) is 5.48. The smallest absolute Gasteiger partial charge is 0.142 e. The van der Waals surface area contributed by atoms with Crippen molar-refractivity contribution < 1.29 is 9.94 Å². The highest BCUT2D eigenvalue weighted by Crippen LogP contribution is 2.32. The van der Waals surface area contributed by atoms with Gasteiger partial charge in [0.05, 0.1) is 17.3 Å². The Morgan fingerprint density at radius 3 is 2.83 bits per heavy atom. The number of halogens is 2. The van der Waals surface area contributed by atoms with E-state index in [9.17, 15) is 0 Å². The number of ether oxygens (including phenoxy) is 1. The zero-order valence-electron chi connectivity index (χ0n) is 10.4. The summed E-state index contributed by atoms with van der Waals surface area (Å²) >= 11 is 9.31. The number of oxime groups is 1. The summed E-state index contributed by atoms with van der Waals surface area (Å²) in [5.41, 5.74) is 0.640. The summed E-state index contributed by atoms with van der Waals surface area (Å²) < 4.78 is 6.44. The summed E-state index contributed by atoms with van der Waals surface area (Å²) in [7, 11) is 4.03. The SMILES string of the molecule is CN(C)CCCOc1c(Br)cc(Cl)cc1C=NO. The Labute approximate surface area is 120 Å². The van der Waals surface area contributed by atoms with Crippen LogP contribution in [0.25, 0.3) is 0 Å². The fourth-order valence-corrected chi connectivity index (χ4v) is 2.39. The third kappa shape index (κ3) is 4.84. The van der Waals surface area contributed by atoms with E-state index in [2.05, 4.69) is 26.0 Å². The Hall–Kier alpha value is -0.780. The standard InChI is InChI=1S/C12H16BrClN2O2/c1-16(2)4-3-5-18-12-9(8-15-17)6-10(14)7-11(12)13/h6-8,17H,3-5H2,1-2H3. The molecule has 6 heteroatoms. The van der Waals surface area contributed by atoms with Crippen LogP contribution in [0.1, 0.15) is 12.0 Å². The van der Waals surface area contributed by atoms with Crippen LogP contribution in [0.4, 0.5) is 0 Å². The molecule has 0 spiro atoms. The maximum atomic E-state index is 8.62. The Kier molecular flexibility index (Phi) is 6.46. The predicted octanol–water partition coefficient (Wildman–Crippen LogP) is 3.24. The molecule has 0 atom stereocenters. The van der Waals surface area contributed by atoms with Crippen LogP contribution in [-0.2, 0) is 0 Å². The number of rotatable bonds is 6. The molecule has 18 heavy (non-hydrogen) atoms. The Balaban J connectivity index is 2.74. The summed E-state index contributed by atoms with van der Waals surface area (Å²) in [4.78, 5) is 2.09. The molecule has 0 aliphatic rings. The van der Waals surface area contributed by atoms with Crippen LogP contribution < -0.4 is 4.74 Å². The second-order valence-electron chi connectivity index (χ2n) is 4.06. The summed E-state index contributed by atoms with van der Waals surface area (Å²) in [5.74, 6) is 0.635. The van der Waals surface area contributed by atoms with E-state index < -0.39 is 0 Å². The number of benzene rings is 1. The fraction of sp³-hybridized carbons (Fsp3) is 0.417. The minimum Gasteiger partial charge on any atom is -0.492 e. The Morgan fingerprint density at radius 1 is 1.50 bits per heavy atom. The van der Waals surface area contributed by atoms with Gasteiger partial charge in [0, 0.05) is 17.1 Å². The van der Waals surface area contributed by atoms with Gasteiger partial charge < -0.3 is 14.8 Å². The molecule has 1 aromatic carbocycles. The maximum Gasteiger partial charge on any atom is 0.142 e. The highest BCUT2D eigenvalue weighted by atomic mass is 79.9. The molecule has 1 N–H and O–H groups in total. The molecule has 0 saturated heterocycles. The van der Waals surface area contributed by atoms with Gasteiger partial charge >= 0.3 is 0 Å². The van der Waals surface area contributed by atoms with Crippen LogP contribution in [-0.4, -0.2) is 43.6 Å². The summed E-state index contributed by atoms with van der Waals surface area (Å²) in [6.45, 7) is 1.54. The molecule has 0 bridgehead atoms. The van der Waals surface area contributed by atoms with Crippen molar-refractivity contribution in [2.75, 3.05) is 27.2 Å². The van der Waals surface area contributed by atoms with Gasteiger partial charge in [-0.15, -0.1) is 0 Å². The highest BCUT2D eigenvalue weighted by molar-refractivity contribution is 9.10. The lowest BCUT2D eigenvalue weighted by Gasteiger charge is -2.13. The lowest BCUT2D eigenvalue weighted by atomic mass is 10.2. The number of hydrogen-bond donors (Lipinski definition) is 1. The van der Waals surface area contributed by atoms with Crippen LogP contribution in [0.3, 0.4) is 0 Å². The van der Waals surface area contributed by atoms with Crippen LogP contribution in [0, 0.1) is 0 Å².